The molecule has 2 N–H and O–H groups in total. The van der Waals surface area contributed by atoms with Crippen LogP contribution in [0.25, 0.3) is 0 Å². The Bertz CT molecular complexity index is 483. The number of benzene rings is 1. The molecule has 0 unspecified atom stereocenters. The standard InChI is InChI=1S/C13H14F2N2O/c1-3-5-12(17-8-9(2)16)18-13-10(14)6-4-7-11(13)15/h3-8H,16H2,1-2H3/b5-3+,9-8+,17-12-. The first-order valence-corrected chi connectivity index (χ1v) is 5.29. The minimum absolute atomic E-state index is 0.0475. The Morgan fingerprint density at radius 2 is 1.94 bits per heavy atom. The van der Waals surface area contributed by atoms with Crippen molar-refractivity contribution in [1.82, 2.24) is 0 Å². The molecule has 1 aromatic rings. The van der Waals surface area contributed by atoms with Crippen LogP contribution in [0, 0.1) is 11.6 Å². The lowest BCUT2D eigenvalue weighted by atomic mass is 10.3. The lowest BCUT2D eigenvalue weighted by Gasteiger charge is -2.06. The number of para-hydroxylation sites is 1. The molecule has 0 aliphatic heterocycles. The smallest absolute Gasteiger partial charge is 0.219 e. The fraction of sp³-hybridized carbons (Fsp3) is 0.154. The molecular weight excluding hydrogens is 238 g/mol. The summed E-state index contributed by atoms with van der Waals surface area (Å²) in [4.78, 5) is 3.88. The SMILES string of the molecule is C/C=C/C(=N/C=C(\C)N)Oc1c(F)cccc1F. The van der Waals surface area contributed by atoms with Crippen molar-refractivity contribution < 1.29 is 13.5 Å². The Kier molecular flexibility index (Phi) is 5.05. The first-order valence-electron chi connectivity index (χ1n) is 5.29. The molecule has 1 aromatic carbocycles. The Labute approximate surface area is 104 Å². The van der Waals surface area contributed by atoms with Crippen LogP contribution in [0.4, 0.5) is 8.78 Å². The molecule has 0 atom stereocenters. The summed E-state index contributed by atoms with van der Waals surface area (Å²) in [5, 5.41) is 0. The van der Waals surface area contributed by atoms with Gasteiger partial charge in [0.25, 0.3) is 0 Å². The van der Waals surface area contributed by atoms with Gasteiger partial charge in [-0.1, -0.05) is 12.1 Å². The summed E-state index contributed by atoms with van der Waals surface area (Å²) >= 11 is 0. The predicted molar refractivity (Wildman–Crippen MR) is 67.2 cm³/mol. The largest absolute Gasteiger partial charge is 0.433 e. The average molecular weight is 252 g/mol. The van der Waals surface area contributed by atoms with Crippen LogP contribution >= 0.6 is 0 Å². The normalized spacial score (nSPS) is 13.1. The third-order valence-electron chi connectivity index (χ3n) is 1.83. The van der Waals surface area contributed by atoms with Gasteiger partial charge in [-0.2, -0.15) is 0 Å². The predicted octanol–water partition coefficient (Wildman–Crippen LogP) is 3.14. The van der Waals surface area contributed by atoms with Crippen LogP contribution in [0.3, 0.4) is 0 Å². The molecule has 0 heterocycles. The Morgan fingerprint density at radius 3 is 2.44 bits per heavy atom. The molecule has 0 spiro atoms. The molecule has 0 radical (unpaired) electrons. The van der Waals surface area contributed by atoms with E-state index in [4.69, 9.17) is 10.5 Å². The molecular formula is C13H14F2N2O. The summed E-state index contributed by atoms with van der Waals surface area (Å²) in [5.74, 6) is -2.02. The number of hydrogen-bond acceptors (Lipinski definition) is 3. The quantitative estimate of drug-likeness (QED) is 0.663. The molecule has 0 saturated carbocycles. The van der Waals surface area contributed by atoms with Gasteiger partial charge >= 0.3 is 0 Å². The van der Waals surface area contributed by atoms with Crippen LogP contribution in [0.5, 0.6) is 5.75 Å². The highest BCUT2D eigenvalue weighted by atomic mass is 19.1. The molecule has 5 heteroatoms. The van der Waals surface area contributed by atoms with Crippen LogP contribution in [0.15, 0.2) is 47.2 Å². The second kappa shape index (κ2) is 6.54. The highest BCUT2D eigenvalue weighted by Gasteiger charge is 2.11. The Balaban J connectivity index is 3.05. The zero-order valence-corrected chi connectivity index (χ0v) is 10.2. The summed E-state index contributed by atoms with van der Waals surface area (Å²) in [7, 11) is 0. The first kappa shape index (κ1) is 13.9. The summed E-state index contributed by atoms with van der Waals surface area (Å²) < 4.78 is 31.8. The molecule has 18 heavy (non-hydrogen) atoms. The average Bonchev–Trinajstić information content (AvgIpc) is 2.30. The van der Waals surface area contributed by atoms with Gasteiger partial charge < -0.3 is 10.5 Å². The topological polar surface area (TPSA) is 47.6 Å². The fourth-order valence-electron chi connectivity index (χ4n) is 1.10. The summed E-state index contributed by atoms with van der Waals surface area (Å²) in [6.45, 7) is 3.37. The number of nitrogens with zero attached hydrogens (tertiary/aromatic N) is 1. The van der Waals surface area contributed by atoms with Crippen molar-refractivity contribution in [3.8, 4) is 5.75 Å². The molecule has 0 aromatic heterocycles. The van der Waals surface area contributed by atoms with Gasteiger partial charge in [0.1, 0.15) is 0 Å². The van der Waals surface area contributed by atoms with Gasteiger partial charge in [-0.15, -0.1) is 0 Å². The van der Waals surface area contributed by atoms with Gasteiger partial charge in [-0.3, -0.25) is 0 Å². The second-order valence-electron chi connectivity index (χ2n) is 3.49. The number of ether oxygens (including phenoxy) is 1. The number of hydrogen-bond donors (Lipinski definition) is 1. The van der Waals surface area contributed by atoms with E-state index < -0.39 is 17.4 Å². The highest BCUT2D eigenvalue weighted by Crippen LogP contribution is 2.21. The highest BCUT2D eigenvalue weighted by molar-refractivity contribution is 5.89. The van der Waals surface area contributed by atoms with E-state index in [2.05, 4.69) is 4.99 Å². The number of rotatable bonds is 3. The zero-order valence-electron chi connectivity index (χ0n) is 10.2. The maximum Gasteiger partial charge on any atom is 0.219 e. The van der Waals surface area contributed by atoms with Crippen LogP contribution < -0.4 is 10.5 Å². The van der Waals surface area contributed by atoms with Crippen LogP contribution in [0.2, 0.25) is 0 Å². The van der Waals surface area contributed by atoms with E-state index in [0.717, 1.165) is 12.1 Å². The first-order chi connectivity index (χ1) is 8.54. The van der Waals surface area contributed by atoms with E-state index in [9.17, 15) is 8.78 Å². The monoisotopic (exact) mass is 252 g/mol. The lowest BCUT2D eigenvalue weighted by molar-refractivity contribution is 0.449. The van der Waals surface area contributed by atoms with Gasteiger partial charge in [0, 0.05) is 11.9 Å². The molecule has 0 aliphatic rings. The lowest BCUT2D eigenvalue weighted by Crippen LogP contribution is -2.07. The van der Waals surface area contributed by atoms with E-state index >= 15 is 0 Å². The summed E-state index contributed by atoms with van der Waals surface area (Å²) in [6.07, 6.45) is 4.46. The molecule has 0 amide bonds. The van der Waals surface area contributed by atoms with Gasteiger partial charge in [0.05, 0.1) is 0 Å². The van der Waals surface area contributed by atoms with Gasteiger partial charge in [0.15, 0.2) is 11.6 Å². The maximum atomic E-state index is 13.4. The van der Waals surface area contributed by atoms with Crippen LogP contribution in [0.1, 0.15) is 13.8 Å². The van der Waals surface area contributed by atoms with E-state index in [-0.39, 0.29) is 5.90 Å². The summed E-state index contributed by atoms with van der Waals surface area (Å²) in [6, 6.07) is 3.47. The molecule has 0 aliphatic carbocycles. The zero-order chi connectivity index (χ0) is 13.5. The number of halogens is 2. The fourth-order valence-corrected chi connectivity index (χ4v) is 1.10. The van der Waals surface area contributed by atoms with E-state index in [1.165, 1.54) is 18.3 Å². The third-order valence-corrected chi connectivity index (χ3v) is 1.83. The van der Waals surface area contributed by atoms with E-state index in [0.29, 0.717) is 5.70 Å². The molecule has 1 rings (SSSR count). The second-order valence-corrected chi connectivity index (χ2v) is 3.49. The van der Waals surface area contributed by atoms with E-state index in [1.54, 1.807) is 19.9 Å². The van der Waals surface area contributed by atoms with Gasteiger partial charge in [-0.05, 0) is 32.1 Å². The van der Waals surface area contributed by atoms with Crippen molar-refractivity contribution in [2.24, 2.45) is 10.7 Å². The van der Waals surface area contributed by atoms with Crippen LogP contribution in [-0.4, -0.2) is 5.90 Å². The van der Waals surface area contributed by atoms with Crippen molar-refractivity contribution >= 4 is 5.90 Å². The van der Waals surface area contributed by atoms with Gasteiger partial charge in [0.2, 0.25) is 11.6 Å². The Morgan fingerprint density at radius 1 is 1.33 bits per heavy atom. The van der Waals surface area contributed by atoms with Crippen molar-refractivity contribution in [1.29, 1.82) is 0 Å². The molecule has 0 saturated heterocycles. The molecule has 96 valence electrons. The number of nitrogens with two attached hydrogens (primary N) is 1. The number of aliphatic imine (C=N–C) groups is 1. The minimum Gasteiger partial charge on any atom is -0.433 e. The van der Waals surface area contributed by atoms with E-state index in [1.807, 2.05) is 0 Å². The van der Waals surface area contributed by atoms with Crippen molar-refractivity contribution in [2.45, 2.75) is 13.8 Å². The third kappa shape index (κ3) is 4.01. The summed E-state index contributed by atoms with van der Waals surface area (Å²) in [5.41, 5.74) is 5.87. The van der Waals surface area contributed by atoms with Crippen LogP contribution in [-0.2, 0) is 0 Å². The maximum absolute atomic E-state index is 13.4. The number of allylic oxidation sites excluding steroid dienone is 2. The van der Waals surface area contributed by atoms with Crippen molar-refractivity contribution in [3.63, 3.8) is 0 Å². The molecule has 0 fully saturated rings. The Hall–Kier alpha value is -2.17. The van der Waals surface area contributed by atoms with Crippen molar-refractivity contribution in [2.75, 3.05) is 0 Å². The van der Waals surface area contributed by atoms with Crippen molar-refractivity contribution in [3.05, 3.63) is 53.9 Å². The van der Waals surface area contributed by atoms with Gasteiger partial charge in [-0.25, -0.2) is 13.8 Å². The minimum atomic E-state index is -0.791. The molecule has 3 nitrogen and oxygen atoms in total. The molecule has 0 bridgehead atoms.